The molecule has 0 saturated heterocycles. The van der Waals surface area contributed by atoms with E-state index in [9.17, 15) is 0 Å². The van der Waals surface area contributed by atoms with Gasteiger partial charge in [-0.2, -0.15) is 0 Å². The molecule has 0 fully saturated rings. The normalized spacial score (nSPS) is 11.5. The lowest BCUT2D eigenvalue weighted by Gasteiger charge is -2.04. The fourth-order valence-corrected chi connectivity index (χ4v) is 2.22. The van der Waals surface area contributed by atoms with Gasteiger partial charge in [-0.25, -0.2) is 0 Å². The summed E-state index contributed by atoms with van der Waals surface area (Å²) in [4.78, 5) is 6.33. The highest BCUT2D eigenvalue weighted by Crippen LogP contribution is 2.17. The van der Waals surface area contributed by atoms with Gasteiger partial charge < -0.3 is 4.84 Å². The molecule has 1 aromatic carbocycles. The van der Waals surface area contributed by atoms with Gasteiger partial charge >= 0.3 is 0 Å². The number of benzene rings is 1. The molecule has 0 amide bonds. The molecule has 2 rings (SSSR count). The topological polar surface area (TPSA) is 21.6 Å². The maximum atomic E-state index is 5.20. The molecule has 2 aromatic rings. The Labute approximate surface area is 106 Å². The van der Waals surface area contributed by atoms with Crippen molar-refractivity contribution in [3.63, 3.8) is 0 Å². The maximum absolute atomic E-state index is 5.20. The van der Waals surface area contributed by atoms with Crippen LogP contribution in [-0.4, -0.2) is 12.3 Å². The second-order valence-electron chi connectivity index (χ2n) is 3.70. The van der Waals surface area contributed by atoms with Gasteiger partial charge in [0.05, 0.1) is 4.88 Å². The molecule has 3 heteroatoms. The van der Waals surface area contributed by atoms with Crippen LogP contribution in [0.4, 0.5) is 0 Å². The SMILES string of the molecule is CCON=C(c1ccc(C)cc1)c1cccs1. The molecule has 0 aliphatic rings. The lowest BCUT2D eigenvalue weighted by Crippen LogP contribution is -2.02. The van der Waals surface area contributed by atoms with E-state index in [2.05, 4.69) is 42.4 Å². The lowest BCUT2D eigenvalue weighted by atomic mass is 10.1. The predicted octanol–water partition coefficient (Wildman–Crippen LogP) is 3.85. The quantitative estimate of drug-likeness (QED) is 0.592. The second kappa shape index (κ2) is 5.64. The van der Waals surface area contributed by atoms with Gasteiger partial charge in [-0.3, -0.25) is 0 Å². The lowest BCUT2D eigenvalue weighted by molar-refractivity contribution is 0.159. The summed E-state index contributed by atoms with van der Waals surface area (Å²) in [6.45, 7) is 4.60. The number of hydrogen-bond acceptors (Lipinski definition) is 3. The molecule has 0 saturated carbocycles. The molecule has 88 valence electrons. The van der Waals surface area contributed by atoms with Gasteiger partial charge in [0.25, 0.3) is 0 Å². The number of hydrogen-bond donors (Lipinski definition) is 0. The summed E-state index contributed by atoms with van der Waals surface area (Å²) in [5.41, 5.74) is 3.24. The number of nitrogens with zero attached hydrogens (tertiary/aromatic N) is 1. The van der Waals surface area contributed by atoms with E-state index in [0.29, 0.717) is 6.61 Å². The molecular formula is C14H15NOS. The van der Waals surface area contributed by atoms with Crippen molar-refractivity contribution in [3.05, 3.63) is 57.8 Å². The molecule has 0 unspecified atom stereocenters. The molecule has 0 bridgehead atoms. The van der Waals surface area contributed by atoms with Gasteiger partial charge in [-0.05, 0) is 25.3 Å². The Kier molecular flexibility index (Phi) is 3.94. The fourth-order valence-electron chi connectivity index (χ4n) is 1.49. The van der Waals surface area contributed by atoms with Crippen molar-refractivity contribution < 1.29 is 4.84 Å². The number of thiophene rings is 1. The van der Waals surface area contributed by atoms with E-state index in [1.165, 1.54) is 5.56 Å². The van der Waals surface area contributed by atoms with Crippen molar-refractivity contribution in [2.75, 3.05) is 6.61 Å². The van der Waals surface area contributed by atoms with Gasteiger partial charge in [0.15, 0.2) is 0 Å². The zero-order valence-electron chi connectivity index (χ0n) is 10.0. The molecule has 0 aliphatic carbocycles. The van der Waals surface area contributed by atoms with Crippen LogP contribution in [0.3, 0.4) is 0 Å². The van der Waals surface area contributed by atoms with Crippen LogP contribution in [0.5, 0.6) is 0 Å². The summed E-state index contributed by atoms with van der Waals surface area (Å²) >= 11 is 1.67. The van der Waals surface area contributed by atoms with Crippen LogP contribution in [0.1, 0.15) is 22.9 Å². The third kappa shape index (κ3) is 2.94. The van der Waals surface area contributed by atoms with E-state index >= 15 is 0 Å². The molecule has 0 atom stereocenters. The van der Waals surface area contributed by atoms with E-state index in [4.69, 9.17) is 4.84 Å². The summed E-state index contributed by atoms with van der Waals surface area (Å²) in [6.07, 6.45) is 0. The van der Waals surface area contributed by atoms with Crippen LogP contribution < -0.4 is 0 Å². The summed E-state index contributed by atoms with van der Waals surface area (Å²) in [6, 6.07) is 12.4. The van der Waals surface area contributed by atoms with Crippen molar-refractivity contribution in [3.8, 4) is 0 Å². The van der Waals surface area contributed by atoms with Crippen molar-refractivity contribution in [2.45, 2.75) is 13.8 Å². The van der Waals surface area contributed by atoms with Crippen LogP contribution >= 0.6 is 11.3 Å². The minimum absolute atomic E-state index is 0.584. The van der Waals surface area contributed by atoms with Crippen molar-refractivity contribution in [1.82, 2.24) is 0 Å². The molecule has 0 spiro atoms. The Bertz CT molecular complexity index is 485. The molecule has 1 heterocycles. The van der Waals surface area contributed by atoms with Crippen LogP contribution in [-0.2, 0) is 4.84 Å². The summed E-state index contributed by atoms with van der Waals surface area (Å²) in [5.74, 6) is 0. The van der Waals surface area contributed by atoms with Gasteiger partial charge in [-0.15, -0.1) is 11.3 Å². The summed E-state index contributed by atoms with van der Waals surface area (Å²) in [7, 11) is 0. The van der Waals surface area contributed by atoms with Crippen molar-refractivity contribution in [2.24, 2.45) is 5.16 Å². The van der Waals surface area contributed by atoms with Gasteiger partial charge in [-0.1, -0.05) is 41.1 Å². The Hall–Kier alpha value is -1.61. The smallest absolute Gasteiger partial charge is 0.127 e. The Morgan fingerprint density at radius 1 is 1.24 bits per heavy atom. The largest absolute Gasteiger partial charge is 0.396 e. The first-order chi connectivity index (χ1) is 8.31. The Balaban J connectivity index is 2.37. The summed E-state index contributed by atoms with van der Waals surface area (Å²) < 4.78 is 0. The van der Waals surface area contributed by atoms with E-state index in [-0.39, 0.29) is 0 Å². The van der Waals surface area contributed by atoms with E-state index < -0.39 is 0 Å². The predicted molar refractivity (Wildman–Crippen MR) is 72.8 cm³/mol. The highest BCUT2D eigenvalue weighted by molar-refractivity contribution is 7.12. The molecule has 2 nitrogen and oxygen atoms in total. The van der Waals surface area contributed by atoms with E-state index in [0.717, 1.165) is 16.2 Å². The first-order valence-electron chi connectivity index (χ1n) is 5.62. The third-order valence-corrected chi connectivity index (χ3v) is 3.24. The number of oxime groups is 1. The standard InChI is InChI=1S/C14H15NOS/c1-3-16-15-14(13-5-4-10-17-13)12-8-6-11(2)7-9-12/h4-10H,3H2,1-2H3. The zero-order chi connectivity index (χ0) is 12.1. The average Bonchev–Trinajstić information content (AvgIpc) is 2.85. The van der Waals surface area contributed by atoms with E-state index in [1.54, 1.807) is 11.3 Å². The minimum Gasteiger partial charge on any atom is -0.396 e. The third-order valence-electron chi connectivity index (χ3n) is 2.36. The molecule has 0 aliphatic heterocycles. The molecule has 1 aromatic heterocycles. The molecule has 0 radical (unpaired) electrons. The van der Waals surface area contributed by atoms with Gasteiger partial charge in [0, 0.05) is 5.56 Å². The zero-order valence-corrected chi connectivity index (χ0v) is 10.8. The number of aryl methyl sites for hydroxylation is 1. The fraction of sp³-hybridized carbons (Fsp3) is 0.214. The van der Waals surface area contributed by atoms with E-state index in [1.807, 2.05) is 18.4 Å². The molecular weight excluding hydrogens is 230 g/mol. The van der Waals surface area contributed by atoms with Crippen LogP contribution in [0, 0.1) is 6.92 Å². The van der Waals surface area contributed by atoms with Crippen LogP contribution in [0.2, 0.25) is 0 Å². The molecule has 0 N–H and O–H groups in total. The maximum Gasteiger partial charge on any atom is 0.127 e. The second-order valence-corrected chi connectivity index (χ2v) is 4.65. The highest BCUT2D eigenvalue weighted by atomic mass is 32.1. The monoisotopic (exact) mass is 245 g/mol. The Morgan fingerprint density at radius 2 is 2.00 bits per heavy atom. The number of rotatable bonds is 4. The first kappa shape index (κ1) is 11.9. The van der Waals surface area contributed by atoms with Crippen molar-refractivity contribution in [1.29, 1.82) is 0 Å². The summed E-state index contributed by atoms with van der Waals surface area (Å²) in [5, 5.41) is 6.26. The van der Waals surface area contributed by atoms with Crippen molar-refractivity contribution >= 4 is 17.0 Å². The average molecular weight is 245 g/mol. The first-order valence-corrected chi connectivity index (χ1v) is 6.50. The highest BCUT2D eigenvalue weighted by Gasteiger charge is 2.08. The molecule has 17 heavy (non-hydrogen) atoms. The van der Waals surface area contributed by atoms with Crippen LogP contribution in [0.15, 0.2) is 46.9 Å². The van der Waals surface area contributed by atoms with Crippen LogP contribution in [0.25, 0.3) is 0 Å². The van der Waals surface area contributed by atoms with Gasteiger partial charge in [0.1, 0.15) is 12.3 Å². The van der Waals surface area contributed by atoms with Gasteiger partial charge in [0.2, 0.25) is 0 Å². The Morgan fingerprint density at radius 3 is 2.59 bits per heavy atom. The minimum atomic E-state index is 0.584.